The van der Waals surface area contributed by atoms with E-state index in [1.807, 2.05) is 0 Å². The Balaban J connectivity index is 1.33. The van der Waals surface area contributed by atoms with E-state index in [0.717, 1.165) is 30.0 Å². The Kier molecular flexibility index (Phi) is 10.7. The van der Waals surface area contributed by atoms with Crippen molar-refractivity contribution in [2.45, 2.75) is 135 Å². The molecule has 2 aliphatic rings. The molecule has 0 saturated heterocycles. The normalized spacial score (nSPS) is 27.3. The lowest BCUT2D eigenvalue weighted by Crippen LogP contribution is -2.16. The van der Waals surface area contributed by atoms with Gasteiger partial charge in [-0.05, 0) is 61.3 Å². The van der Waals surface area contributed by atoms with E-state index < -0.39 is 0 Å². The molecule has 1 aromatic heterocycles. The first-order valence-corrected chi connectivity index (χ1v) is 13.6. The Labute approximate surface area is 187 Å². The highest BCUT2D eigenvalue weighted by molar-refractivity contribution is 5.13. The van der Waals surface area contributed by atoms with Crippen LogP contribution in [-0.2, 0) is 6.42 Å². The Bertz CT molecular complexity index is 551. The minimum Gasteiger partial charge on any atom is -0.241 e. The van der Waals surface area contributed by atoms with Crippen molar-refractivity contribution >= 4 is 0 Å². The molecule has 0 radical (unpaired) electrons. The van der Waals surface area contributed by atoms with E-state index in [1.165, 1.54) is 115 Å². The second kappa shape index (κ2) is 13.5. The third-order valence-electron chi connectivity index (χ3n) is 8.22. The predicted molar refractivity (Wildman–Crippen MR) is 129 cm³/mol. The van der Waals surface area contributed by atoms with Gasteiger partial charge in [-0.15, -0.1) is 0 Å². The third kappa shape index (κ3) is 7.97. The Morgan fingerprint density at radius 3 is 1.60 bits per heavy atom. The summed E-state index contributed by atoms with van der Waals surface area (Å²) in [5.74, 6) is 4.71. The van der Waals surface area contributed by atoms with Crippen LogP contribution in [-0.4, -0.2) is 9.97 Å². The molecule has 2 saturated carbocycles. The van der Waals surface area contributed by atoms with Gasteiger partial charge in [-0.2, -0.15) is 0 Å². The van der Waals surface area contributed by atoms with Crippen molar-refractivity contribution in [3.8, 4) is 0 Å². The Hall–Kier alpha value is -0.920. The number of nitrogens with zero attached hydrogens (tertiary/aromatic N) is 2. The topological polar surface area (TPSA) is 25.8 Å². The maximum absolute atomic E-state index is 4.77. The highest BCUT2D eigenvalue weighted by Crippen LogP contribution is 2.37. The summed E-state index contributed by atoms with van der Waals surface area (Å²) < 4.78 is 0. The lowest BCUT2D eigenvalue weighted by Gasteiger charge is -2.29. The number of aromatic nitrogens is 2. The number of hydrogen-bond acceptors (Lipinski definition) is 2. The van der Waals surface area contributed by atoms with Gasteiger partial charge in [0.25, 0.3) is 0 Å². The van der Waals surface area contributed by atoms with Crippen molar-refractivity contribution in [2.75, 3.05) is 0 Å². The summed E-state index contributed by atoms with van der Waals surface area (Å²) in [5, 5.41) is 0. The summed E-state index contributed by atoms with van der Waals surface area (Å²) in [6.45, 7) is 4.62. The van der Waals surface area contributed by atoms with Crippen molar-refractivity contribution < 1.29 is 0 Å². The molecule has 1 heterocycles. The summed E-state index contributed by atoms with van der Waals surface area (Å²) in [5.41, 5.74) is 1.40. The molecule has 0 N–H and O–H groups in total. The van der Waals surface area contributed by atoms with E-state index in [1.54, 1.807) is 0 Å². The number of aryl methyl sites for hydroxylation is 1. The fraction of sp³-hybridized carbons (Fsp3) is 0.857. The summed E-state index contributed by atoms with van der Waals surface area (Å²) in [6.07, 6.45) is 29.4. The zero-order valence-corrected chi connectivity index (χ0v) is 20.1. The first kappa shape index (κ1) is 23.7. The monoisotopic (exact) mass is 412 g/mol. The van der Waals surface area contributed by atoms with Gasteiger partial charge in [-0.1, -0.05) is 90.9 Å². The number of unbranched alkanes of at least 4 members (excludes halogenated alkanes) is 4. The molecule has 170 valence electrons. The molecule has 2 aliphatic carbocycles. The van der Waals surface area contributed by atoms with Crippen molar-refractivity contribution in [2.24, 2.45) is 17.8 Å². The van der Waals surface area contributed by atoms with Gasteiger partial charge >= 0.3 is 0 Å². The van der Waals surface area contributed by atoms with Crippen LogP contribution in [0, 0.1) is 17.8 Å². The fourth-order valence-corrected chi connectivity index (χ4v) is 6.00. The minimum absolute atomic E-state index is 0.712. The van der Waals surface area contributed by atoms with Gasteiger partial charge in [0.05, 0.1) is 0 Å². The molecule has 0 amide bonds. The van der Waals surface area contributed by atoms with Gasteiger partial charge in [0.2, 0.25) is 0 Å². The van der Waals surface area contributed by atoms with Crippen molar-refractivity contribution in [3.05, 3.63) is 23.8 Å². The molecule has 0 aliphatic heterocycles. The molecule has 2 fully saturated rings. The molecule has 3 rings (SSSR count). The van der Waals surface area contributed by atoms with Crippen LogP contribution >= 0.6 is 0 Å². The van der Waals surface area contributed by atoms with Crippen LogP contribution < -0.4 is 0 Å². The summed E-state index contributed by atoms with van der Waals surface area (Å²) in [7, 11) is 0. The largest absolute Gasteiger partial charge is 0.241 e. The molecule has 0 atom stereocenters. The summed E-state index contributed by atoms with van der Waals surface area (Å²) >= 11 is 0. The molecular weight excluding hydrogens is 364 g/mol. The lowest BCUT2D eigenvalue weighted by molar-refractivity contribution is 0.248. The second-order valence-corrected chi connectivity index (χ2v) is 10.6. The van der Waals surface area contributed by atoms with Crippen LogP contribution in [0.3, 0.4) is 0 Å². The standard InChI is InChI=1S/C28H48N2/c1-3-5-7-9-23-11-13-25(14-12-23)17-20-28-29-21-27(22-30-28)26-18-15-24(16-19-26)10-8-6-4-2/h21-26H,3-20H2,1-2H3. The Morgan fingerprint density at radius 1 is 0.633 bits per heavy atom. The summed E-state index contributed by atoms with van der Waals surface area (Å²) in [4.78, 5) is 9.54. The average Bonchev–Trinajstić information content (AvgIpc) is 2.80. The van der Waals surface area contributed by atoms with Crippen LogP contribution in [0.15, 0.2) is 12.4 Å². The SMILES string of the molecule is CCCCCC1CCC(CCc2ncc(C3CCC(CCCCC)CC3)cn2)CC1. The van der Waals surface area contributed by atoms with Crippen molar-refractivity contribution in [3.63, 3.8) is 0 Å². The molecule has 2 nitrogen and oxygen atoms in total. The molecule has 2 heteroatoms. The first-order chi connectivity index (χ1) is 14.8. The number of hydrogen-bond donors (Lipinski definition) is 0. The summed E-state index contributed by atoms with van der Waals surface area (Å²) in [6, 6.07) is 0. The molecule has 0 spiro atoms. The van der Waals surface area contributed by atoms with Gasteiger partial charge in [-0.3, -0.25) is 0 Å². The maximum atomic E-state index is 4.77. The highest BCUT2D eigenvalue weighted by Gasteiger charge is 2.23. The molecule has 0 aromatic carbocycles. The fourth-order valence-electron chi connectivity index (χ4n) is 6.00. The molecule has 30 heavy (non-hydrogen) atoms. The van der Waals surface area contributed by atoms with Crippen LogP contribution in [0.1, 0.15) is 140 Å². The van der Waals surface area contributed by atoms with Crippen LogP contribution in [0.5, 0.6) is 0 Å². The number of rotatable bonds is 12. The van der Waals surface area contributed by atoms with Crippen LogP contribution in [0.4, 0.5) is 0 Å². The van der Waals surface area contributed by atoms with Gasteiger partial charge in [0.15, 0.2) is 0 Å². The smallest absolute Gasteiger partial charge is 0.128 e. The zero-order valence-electron chi connectivity index (χ0n) is 20.1. The zero-order chi connectivity index (χ0) is 21.0. The van der Waals surface area contributed by atoms with E-state index in [0.29, 0.717) is 5.92 Å². The molecule has 0 bridgehead atoms. The third-order valence-corrected chi connectivity index (χ3v) is 8.22. The maximum Gasteiger partial charge on any atom is 0.128 e. The van der Waals surface area contributed by atoms with E-state index in [4.69, 9.17) is 9.97 Å². The van der Waals surface area contributed by atoms with Gasteiger partial charge < -0.3 is 0 Å². The highest BCUT2D eigenvalue weighted by atomic mass is 14.9. The molecule has 1 aromatic rings. The lowest BCUT2D eigenvalue weighted by atomic mass is 9.77. The average molecular weight is 413 g/mol. The first-order valence-electron chi connectivity index (χ1n) is 13.6. The van der Waals surface area contributed by atoms with E-state index in [-0.39, 0.29) is 0 Å². The minimum atomic E-state index is 0.712. The predicted octanol–water partition coefficient (Wildman–Crippen LogP) is 8.65. The van der Waals surface area contributed by atoms with Crippen LogP contribution in [0.2, 0.25) is 0 Å². The molecule has 0 unspecified atom stereocenters. The second-order valence-electron chi connectivity index (χ2n) is 10.6. The van der Waals surface area contributed by atoms with Gasteiger partial charge in [0.1, 0.15) is 5.82 Å². The van der Waals surface area contributed by atoms with Gasteiger partial charge in [-0.25, -0.2) is 9.97 Å². The van der Waals surface area contributed by atoms with Crippen molar-refractivity contribution in [1.82, 2.24) is 9.97 Å². The van der Waals surface area contributed by atoms with Crippen LogP contribution in [0.25, 0.3) is 0 Å². The van der Waals surface area contributed by atoms with E-state index in [9.17, 15) is 0 Å². The quantitative estimate of drug-likeness (QED) is 0.321. The van der Waals surface area contributed by atoms with E-state index in [2.05, 4.69) is 26.2 Å². The van der Waals surface area contributed by atoms with Gasteiger partial charge in [0, 0.05) is 18.8 Å². The van der Waals surface area contributed by atoms with E-state index >= 15 is 0 Å². The molecular formula is C28H48N2. The Morgan fingerprint density at radius 2 is 1.10 bits per heavy atom. The van der Waals surface area contributed by atoms with Crippen molar-refractivity contribution in [1.29, 1.82) is 0 Å².